The molecule has 2 N–H and O–H groups in total. The molecule has 0 spiro atoms. The van der Waals surface area contributed by atoms with Crippen molar-refractivity contribution in [2.45, 2.75) is 26.7 Å². The molecule has 2 amide bonds. The number of benzene rings is 2. The number of amides is 2. The van der Waals surface area contributed by atoms with Gasteiger partial charge in [0.25, 0.3) is 11.8 Å². The summed E-state index contributed by atoms with van der Waals surface area (Å²) in [7, 11) is 0. The number of halogens is 1. The van der Waals surface area contributed by atoms with Gasteiger partial charge in [-0.3, -0.25) is 9.59 Å². The maximum Gasteiger partial charge on any atom is 0.253 e. The molecule has 0 radical (unpaired) electrons. The fraction of sp³-hybridized carbons (Fsp3) is 0.391. The third-order valence-corrected chi connectivity index (χ3v) is 4.74. The Bertz CT molecular complexity index is 750. The second-order valence-corrected chi connectivity index (χ2v) is 6.78. The zero-order valence-corrected chi connectivity index (χ0v) is 18.2. The van der Waals surface area contributed by atoms with Crippen molar-refractivity contribution >= 4 is 24.2 Å². The number of nitrogens with zero attached hydrogens (tertiary/aromatic N) is 2. The monoisotopic (exact) mass is 417 g/mol. The van der Waals surface area contributed by atoms with Crippen LogP contribution in [0.5, 0.6) is 0 Å². The van der Waals surface area contributed by atoms with Crippen molar-refractivity contribution in [1.29, 1.82) is 0 Å². The van der Waals surface area contributed by atoms with Crippen LogP contribution in [0.4, 0.5) is 0 Å². The molecule has 0 saturated heterocycles. The first-order valence-electron chi connectivity index (χ1n) is 10.0. The first-order chi connectivity index (χ1) is 13.6. The van der Waals surface area contributed by atoms with E-state index in [1.807, 2.05) is 30.0 Å². The summed E-state index contributed by atoms with van der Waals surface area (Å²) >= 11 is 0. The van der Waals surface area contributed by atoms with Crippen LogP contribution in [0.15, 0.2) is 54.6 Å². The Balaban J connectivity index is 0.00000420. The maximum atomic E-state index is 12.9. The van der Waals surface area contributed by atoms with Crippen molar-refractivity contribution in [1.82, 2.24) is 9.80 Å². The molecule has 29 heavy (non-hydrogen) atoms. The van der Waals surface area contributed by atoms with Crippen molar-refractivity contribution in [2.24, 2.45) is 5.73 Å². The molecule has 0 fully saturated rings. The average molecular weight is 418 g/mol. The van der Waals surface area contributed by atoms with Crippen molar-refractivity contribution in [3.8, 4) is 0 Å². The van der Waals surface area contributed by atoms with E-state index in [-0.39, 0.29) is 24.2 Å². The van der Waals surface area contributed by atoms with Gasteiger partial charge in [0, 0.05) is 43.9 Å². The van der Waals surface area contributed by atoms with E-state index in [4.69, 9.17) is 5.73 Å². The minimum atomic E-state index is -0.0544. The first-order valence-corrected chi connectivity index (χ1v) is 10.0. The fourth-order valence-electron chi connectivity index (χ4n) is 3.17. The van der Waals surface area contributed by atoms with E-state index in [0.29, 0.717) is 37.3 Å². The molecule has 0 aliphatic carbocycles. The first kappa shape index (κ1) is 24.7. The summed E-state index contributed by atoms with van der Waals surface area (Å²) in [6.07, 6.45) is 1.71. The highest BCUT2D eigenvalue weighted by molar-refractivity contribution is 5.97. The molecule has 0 unspecified atom stereocenters. The van der Waals surface area contributed by atoms with Crippen LogP contribution in [-0.4, -0.2) is 54.3 Å². The van der Waals surface area contributed by atoms with E-state index in [9.17, 15) is 9.59 Å². The Morgan fingerprint density at radius 2 is 1.34 bits per heavy atom. The van der Waals surface area contributed by atoms with Gasteiger partial charge in [-0.05, 0) is 49.6 Å². The summed E-state index contributed by atoms with van der Waals surface area (Å²) in [6, 6.07) is 17.1. The van der Waals surface area contributed by atoms with Gasteiger partial charge in [0.1, 0.15) is 0 Å². The predicted molar refractivity (Wildman–Crippen MR) is 121 cm³/mol. The van der Waals surface area contributed by atoms with Crippen LogP contribution >= 0.6 is 12.4 Å². The van der Waals surface area contributed by atoms with Crippen molar-refractivity contribution < 1.29 is 9.59 Å². The summed E-state index contributed by atoms with van der Waals surface area (Å²) in [6.45, 7) is 6.98. The molecule has 2 aromatic rings. The van der Waals surface area contributed by atoms with Crippen LogP contribution < -0.4 is 5.73 Å². The molecule has 158 valence electrons. The van der Waals surface area contributed by atoms with Gasteiger partial charge < -0.3 is 15.5 Å². The summed E-state index contributed by atoms with van der Waals surface area (Å²) < 4.78 is 0. The predicted octanol–water partition coefficient (Wildman–Crippen LogP) is 3.62. The Hall–Kier alpha value is -2.37. The van der Waals surface area contributed by atoms with Crippen LogP contribution in [0.2, 0.25) is 0 Å². The van der Waals surface area contributed by atoms with Crippen molar-refractivity contribution in [3.63, 3.8) is 0 Å². The van der Waals surface area contributed by atoms with Gasteiger partial charge in [-0.25, -0.2) is 0 Å². The van der Waals surface area contributed by atoms with Crippen LogP contribution in [0.25, 0.3) is 0 Å². The van der Waals surface area contributed by atoms with Gasteiger partial charge >= 0.3 is 0 Å². The number of carbonyl (C=O) groups excluding carboxylic acids is 2. The molecule has 0 aromatic heterocycles. The molecule has 2 rings (SSSR count). The number of carbonyl (C=O) groups is 2. The van der Waals surface area contributed by atoms with Crippen LogP contribution in [0.3, 0.4) is 0 Å². The van der Waals surface area contributed by atoms with Gasteiger partial charge in [0.15, 0.2) is 0 Å². The number of nitrogens with two attached hydrogens (primary N) is 1. The SMILES string of the molecule is CCCN(CC)C(=O)c1ccc(C(=O)N(CCN)CCc2ccccc2)cc1.Cl. The molecule has 6 heteroatoms. The average Bonchev–Trinajstić information content (AvgIpc) is 2.75. The lowest BCUT2D eigenvalue weighted by atomic mass is 10.1. The number of hydrogen-bond acceptors (Lipinski definition) is 3. The third kappa shape index (κ3) is 7.18. The normalized spacial score (nSPS) is 10.2. The lowest BCUT2D eigenvalue weighted by Gasteiger charge is -2.23. The molecule has 0 atom stereocenters. The Morgan fingerprint density at radius 3 is 1.83 bits per heavy atom. The maximum absolute atomic E-state index is 12.9. The van der Waals surface area contributed by atoms with E-state index in [1.54, 1.807) is 29.2 Å². The summed E-state index contributed by atoms with van der Waals surface area (Å²) in [5, 5.41) is 0. The van der Waals surface area contributed by atoms with E-state index < -0.39 is 0 Å². The second kappa shape index (κ2) is 13.0. The van der Waals surface area contributed by atoms with Crippen LogP contribution in [-0.2, 0) is 6.42 Å². The molecule has 0 aliphatic heterocycles. The van der Waals surface area contributed by atoms with Gasteiger partial charge in [0.05, 0.1) is 0 Å². The lowest BCUT2D eigenvalue weighted by Crippen LogP contribution is -2.37. The third-order valence-electron chi connectivity index (χ3n) is 4.74. The second-order valence-electron chi connectivity index (χ2n) is 6.78. The highest BCUT2D eigenvalue weighted by Crippen LogP contribution is 2.12. The lowest BCUT2D eigenvalue weighted by molar-refractivity contribution is 0.0751. The zero-order chi connectivity index (χ0) is 20.4. The van der Waals surface area contributed by atoms with Crippen LogP contribution in [0.1, 0.15) is 46.5 Å². The van der Waals surface area contributed by atoms with Gasteiger partial charge in [0.2, 0.25) is 0 Å². The number of hydrogen-bond donors (Lipinski definition) is 1. The molecule has 0 heterocycles. The molecule has 0 bridgehead atoms. The molecule has 2 aromatic carbocycles. The summed E-state index contributed by atoms with van der Waals surface area (Å²) in [5.74, 6) is -0.0486. The standard InChI is InChI=1S/C23H31N3O2.ClH/c1-3-16-25(4-2)22(27)20-10-12-21(13-11-20)23(28)26(18-15-24)17-14-19-8-6-5-7-9-19;/h5-13H,3-4,14-18,24H2,1-2H3;1H. The highest BCUT2D eigenvalue weighted by Gasteiger charge is 2.17. The highest BCUT2D eigenvalue weighted by atomic mass is 35.5. The Morgan fingerprint density at radius 1 is 0.793 bits per heavy atom. The van der Waals surface area contributed by atoms with Gasteiger partial charge in [-0.15, -0.1) is 12.4 Å². The largest absolute Gasteiger partial charge is 0.339 e. The molecular weight excluding hydrogens is 386 g/mol. The van der Waals surface area contributed by atoms with Gasteiger partial charge in [-0.1, -0.05) is 37.3 Å². The van der Waals surface area contributed by atoms with E-state index in [2.05, 4.69) is 19.1 Å². The van der Waals surface area contributed by atoms with Crippen LogP contribution in [0, 0.1) is 0 Å². The van der Waals surface area contributed by atoms with Crippen molar-refractivity contribution in [2.75, 3.05) is 32.7 Å². The molecular formula is C23H32ClN3O2. The topological polar surface area (TPSA) is 66.6 Å². The molecule has 0 aliphatic rings. The number of rotatable bonds is 10. The summed E-state index contributed by atoms with van der Waals surface area (Å²) in [5.41, 5.74) is 8.09. The minimum Gasteiger partial charge on any atom is -0.339 e. The minimum absolute atomic E-state index is 0. The van der Waals surface area contributed by atoms with E-state index in [0.717, 1.165) is 19.4 Å². The Kier molecular flexibility index (Phi) is 11.0. The fourth-order valence-corrected chi connectivity index (χ4v) is 3.17. The quantitative estimate of drug-likeness (QED) is 0.641. The smallest absolute Gasteiger partial charge is 0.253 e. The van der Waals surface area contributed by atoms with Crippen molar-refractivity contribution in [3.05, 3.63) is 71.3 Å². The Labute approximate surface area is 180 Å². The van der Waals surface area contributed by atoms with E-state index >= 15 is 0 Å². The van der Waals surface area contributed by atoms with E-state index in [1.165, 1.54) is 5.56 Å². The summed E-state index contributed by atoms with van der Waals surface area (Å²) in [4.78, 5) is 29.1. The molecule has 0 saturated carbocycles. The zero-order valence-electron chi connectivity index (χ0n) is 17.3. The molecule has 5 nitrogen and oxygen atoms in total. The van der Waals surface area contributed by atoms with Gasteiger partial charge in [-0.2, -0.15) is 0 Å².